The van der Waals surface area contributed by atoms with Crippen molar-refractivity contribution in [3.05, 3.63) is 174 Å². The van der Waals surface area contributed by atoms with Crippen molar-refractivity contribution in [1.29, 1.82) is 0 Å². The van der Waals surface area contributed by atoms with Gasteiger partial charge in [0.1, 0.15) is 0 Å². The molecule has 0 N–H and O–H groups in total. The smallest absolute Gasteiger partial charge is 0.238 e. The van der Waals surface area contributed by atoms with Crippen LogP contribution in [0, 0.1) is 0 Å². The maximum atomic E-state index is 5.37. The summed E-state index contributed by atoms with van der Waals surface area (Å²) in [5.74, 6) is 1.92. The van der Waals surface area contributed by atoms with Crippen LogP contribution in [0.1, 0.15) is 36.1 Å². The molecule has 2 heterocycles. The Kier molecular flexibility index (Phi) is 6.14. The van der Waals surface area contributed by atoms with Crippen LogP contribution in [0.4, 0.5) is 0 Å². The maximum Gasteiger partial charge on any atom is 0.238 e. The van der Waals surface area contributed by atoms with Gasteiger partial charge in [0.25, 0.3) is 0 Å². The molecule has 0 saturated heterocycles. The molecule has 10 aromatic rings. The Bertz CT molecular complexity index is 3230. The largest absolute Gasteiger partial charge is 0.277 e. The van der Waals surface area contributed by atoms with Crippen molar-refractivity contribution in [2.75, 3.05) is 0 Å². The second-order valence-electron chi connectivity index (χ2n) is 15.6. The van der Waals surface area contributed by atoms with Crippen molar-refractivity contribution >= 4 is 60.2 Å². The van der Waals surface area contributed by atoms with E-state index in [9.17, 15) is 0 Å². The van der Waals surface area contributed by atoms with Crippen molar-refractivity contribution in [2.45, 2.75) is 25.7 Å². The number of allylic oxidation sites excluding steroid dienone is 1. The Hall–Kier alpha value is -6.91. The predicted octanol–water partition coefficient (Wildman–Crippen LogP) is 12.6. The van der Waals surface area contributed by atoms with Crippen LogP contribution in [0.3, 0.4) is 0 Å². The zero-order valence-electron chi connectivity index (χ0n) is 30.5. The minimum absolute atomic E-state index is 0.132. The highest BCUT2D eigenvalue weighted by molar-refractivity contribution is 6.19. The Morgan fingerprint density at radius 3 is 1.91 bits per heavy atom. The highest BCUT2D eigenvalue weighted by Crippen LogP contribution is 2.54. The molecular weight excluding hydrogens is 669 g/mol. The van der Waals surface area contributed by atoms with Gasteiger partial charge in [-0.1, -0.05) is 141 Å². The maximum absolute atomic E-state index is 5.37. The molecule has 2 aromatic heterocycles. The topological polar surface area (TPSA) is 43.6 Å². The third-order valence-corrected chi connectivity index (χ3v) is 12.2. The Labute approximate surface area is 318 Å². The molecule has 55 heavy (non-hydrogen) atoms. The highest BCUT2D eigenvalue weighted by atomic mass is 15.2. The monoisotopic (exact) mass is 702 g/mol. The summed E-state index contributed by atoms with van der Waals surface area (Å²) < 4.78 is 2.31. The van der Waals surface area contributed by atoms with Crippen LogP contribution in [0.5, 0.6) is 0 Å². The standard InChI is InChI=1S/C51H34N4/c1-51(2)43-20-9-7-17-37(43)40-28-34-16-11-19-39-45(34)42(46(40)51)29-41-38-18-8-10-21-44(38)55(47(39)41)50-53-48(35-24-22-30-12-3-5-14-32(30)26-35)52-49(54-50)36-25-23-31-13-4-6-15-33(31)27-36/h3-18,20-29H,19H2,1-2H3. The first kappa shape index (κ1) is 30.5. The first-order valence-electron chi connectivity index (χ1n) is 19.1. The minimum Gasteiger partial charge on any atom is -0.277 e. The van der Waals surface area contributed by atoms with E-state index < -0.39 is 0 Å². The van der Waals surface area contributed by atoms with Crippen molar-refractivity contribution in [3.63, 3.8) is 0 Å². The van der Waals surface area contributed by atoms with E-state index in [1.165, 1.54) is 65.7 Å². The van der Waals surface area contributed by atoms with Crippen LogP contribution in [-0.4, -0.2) is 19.5 Å². The van der Waals surface area contributed by atoms with Gasteiger partial charge in [-0.25, -0.2) is 4.98 Å². The number of para-hydroxylation sites is 1. The summed E-state index contributed by atoms with van der Waals surface area (Å²) in [7, 11) is 0. The Morgan fingerprint density at radius 1 is 0.545 bits per heavy atom. The second-order valence-corrected chi connectivity index (χ2v) is 15.6. The number of benzene rings is 8. The average Bonchev–Trinajstić information content (AvgIpc) is 3.69. The number of rotatable bonds is 3. The average molecular weight is 703 g/mol. The van der Waals surface area contributed by atoms with E-state index in [0.717, 1.165) is 39.4 Å². The molecule has 2 aliphatic carbocycles. The third-order valence-electron chi connectivity index (χ3n) is 12.2. The van der Waals surface area contributed by atoms with Crippen molar-refractivity contribution in [3.8, 4) is 39.9 Å². The Morgan fingerprint density at radius 2 is 1.18 bits per heavy atom. The molecule has 0 spiro atoms. The molecule has 0 aliphatic heterocycles. The lowest BCUT2D eigenvalue weighted by Crippen LogP contribution is -2.16. The summed E-state index contributed by atoms with van der Waals surface area (Å²) in [5, 5.41) is 9.76. The molecule has 8 aromatic carbocycles. The van der Waals surface area contributed by atoms with Crippen molar-refractivity contribution in [1.82, 2.24) is 19.5 Å². The zero-order valence-corrected chi connectivity index (χ0v) is 30.5. The lowest BCUT2D eigenvalue weighted by Gasteiger charge is -2.26. The van der Waals surface area contributed by atoms with Crippen LogP contribution in [0.25, 0.3) is 100 Å². The van der Waals surface area contributed by atoms with Gasteiger partial charge in [-0.2, -0.15) is 9.97 Å². The zero-order chi connectivity index (χ0) is 36.4. The predicted molar refractivity (Wildman–Crippen MR) is 228 cm³/mol. The molecule has 4 heteroatoms. The van der Waals surface area contributed by atoms with Gasteiger partial charge in [0, 0.05) is 27.3 Å². The van der Waals surface area contributed by atoms with E-state index in [1.54, 1.807) is 0 Å². The molecule has 258 valence electrons. The van der Waals surface area contributed by atoms with Crippen LogP contribution in [-0.2, 0) is 11.8 Å². The summed E-state index contributed by atoms with van der Waals surface area (Å²) in [6.45, 7) is 4.78. The molecule has 0 amide bonds. The fourth-order valence-electron chi connectivity index (χ4n) is 9.68. The van der Waals surface area contributed by atoms with E-state index >= 15 is 0 Å². The molecule has 0 radical (unpaired) electrons. The number of nitrogens with zero attached hydrogens (tertiary/aromatic N) is 4. The van der Waals surface area contributed by atoms with E-state index in [-0.39, 0.29) is 5.41 Å². The molecule has 2 aliphatic rings. The van der Waals surface area contributed by atoms with Crippen LogP contribution in [0.15, 0.2) is 152 Å². The fraction of sp³-hybridized carbons (Fsp3) is 0.0784. The van der Waals surface area contributed by atoms with Gasteiger partial charge >= 0.3 is 0 Å². The minimum atomic E-state index is -0.132. The van der Waals surface area contributed by atoms with Gasteiger partial charge in [0.05, 0.1) is 11.0 Å². The number of hydrogen-bond donors (Lipinski definition) is 0. The molecule has 12 rings (SSSR count). The molecule has 0 bridgehead atoms. The molecular formula is C51H34N4. The van der Waals surface area contributed by atoms with E-state index in [1.807, 2.05) is 0 Å². The Balaban J connectivity index is 1.18. The molecule has 0 fully saturated rings. The number of hydrogen-bond acceptors (Lipinski definition) is 3. The molecule has 0 unspecified atom stereocenters. The normalized spacial score (nSPS) is 14.0. The van der Waals surface area contributed by atoms with Gasteiger partial charge in [-0.15, -0.1) is 0 Å². The van der Waals surface area contributed by atoms with Gasteiger partial charge in [0.2, 0.25) is 5.95 Å². The van der Waals surface area contributed by atoms with Gasteiger partial charge in [0.15, 0.2) is 11.6 Å². The summed E-state index contributed by atoms with van der Waals surface area (Å²) in [5.41, 5.74) is 12.1. The van der Waals surface area contributed by atoms with Gasteiger partial charge in [-0.05, 0) is 102 Å². The van der Waals surface area contributed by atoms with E-state index in [0.29, 0.717) is 17.6 Å². The molecule has 0 saturated carbocycles. The van der Waals surface area contributed by atoms with Crippen molar-refractivity contribution < 1.29 is 0 Å². The summed E-state index contributed by atoms with van der Waals surface area (Å²) >= 11 is 0. The lowest BCUT2D eigenvalue weighted by molar-refractivity contribution is 0.666. The highest BCUT2D eigenvalue weighted by Gasteiger charge is 2.38. The summed E-state index contributed by atoms with van der Waals surface area (Å²) in [6, 6.07) is 52.5. The quantitative estimate of drug-likeness (QED) is 0.184. The molecule has 4 nitrogen and oxygen atoms in total. The van der Waals surface area contributed by atoms with Gasteiger partial charge < -0.3 is 0 Å². The van der Waals surface area contributed by atoms with Crippen molar-refractivity contribution in [2.24, 2.45) is 0 Å². The first-order chi connectivity index (χ1) is 27.0. The number of fused-ring (bicyclic) bond motifs is 10. The summed E-state index contributed by atoms with van der Waals surface area (Å²) in [6.07, 6.45) is 5.47. The van der Waals surface area contributed by atoms with Crippen LogP contribution < -0.4 is 0 Å². The van der Waals surface area contributed by atoms with Crippen LogP contribution in [0.2, 0.25) is 0 Å². The first-order valence-corrected chi connectivity index (χ1v) is 19.1. The third kappa shape index (κ3) is 4.31. The lowest BCUT2D eigenvalue weighted by atomic mass is 9.78. The van der Waals surface area contributed by atoms with Gasteiger partial charge in [-0.3, -0.25) is 4.57 Å². The molecule has 0 atom stereocenters. The second kappa shape index (κ2) is 11.1. The van der Waals surface area contributed by atoms with Crippen LogP contribution >= 0.6 is 0 Å². The fourth-order valence-corrected chi connectivity index (χ4v) is 9.68. The SMILES string of the molecule is CC1(C)c2ccccc2-c2cc3c4c(c5c(cc4c21)c1ccccc1n5-c1nc(-c2ccc4ccccc4c2)nc(-c2ccc4ccccc4c2)n1)CC=C3. The number of aromatic nitrogens is 4. The summed E-state index contributed by atoms with van der Waals surface area (Å²) in [4.78, 5) is 15.9. The van der Waals surface area contributed by atoms with E-state index in [2.05, 4.69) is 176 Å². The van der Waals surface area contributed by atoms with E-state index in [4.69, 9.17) is 15.0 Å².